The maximum absolute atomic E-state index is 12.5. The molecule has 0 atom stereocenters. The van der Waals surface area contributed by atoms with Gasteiger partial charge in [0.15, 0.2) is 11.0 Å². The first-order valence-corrected chi connectivity index (χ1v) is 8.86. The molecule has 2 N–H and O–H groups in total. The second-order valence-corrected chi connectivity index (χ2v) is 6.76. The van der Waals surface area contributed by atoms with E-state index in [2.05, 4.69) is 10.1 Å². The highest BCUT2D eigenvalue weighted by Gasteiger charge is 2.16. The average molecular weight is 382 g/mol. The number of halogens is 1. The Bertz CT molecular complexity index is 874. The largest absolute Gasteiger partial charge is 0.510 e. The summed E-state index contributed by atoms with van der Waals surface area (Å²) in [7, 11) is 0. The zero-order chi connectivity index (χ0) is 17.8. The van der Waals surface area contributed by atoms with Gasteiger partial charge in [-0.3, -0.25) is 9.59 Å². The van der Waals surface area contributed by atoms with Crippen LogP contribution in [0.4, 0.5) is 0 Å². The summed E-state index contributed by atoms with van der Waals surface area (Å²) < 4.78 is 1.34. The van der Waals surface area contributed by atoms with Crippen LogP contribution in [0, 0.1) is 5.92 Å². The highest BCUT2D eigenvalue weighted by Crippen LogP contribution is 2.27. The monoisotopic (exact) mass is 381 g/mol. The van der Waals surface area contributed by atoms with Gasteiger partial charge < -0.3 is 10.2 Å². The van der Waals surface area contributed by atoms with Crippen LogP contribution in [0.2, 0.25) is 0 Å². The highest BCUT2D eigenvalue weighted by molar-refractivity contribution is 5.85. The van der Waals surface area contributed by atoms with Crippen molar-refractivity contribution < 1.29 is 15.0 Å². The van der Waals surface area contributed by atoms with Gasteiger partial charge in [-0.25, -0.2) is 9.50 Å². The minimum Gasteiger partial charge on any atom is -0.510 e. The molecule has 1 fully saturated rings. The van der Waals surface area contributed by atoms with Crippen molar-refractivity contribution in [2.45, 2.75) is 57.8 Å². The van der Waals surface area contributed by atoms with Crippen molar-refractivity contribution in [1.29, 1.82) is 0 Å². The lowest BCUT2D eigenvalue weighted by molar-refractivity contribution is -0.136. The van der Waals surface area contributed by atoms with E-state index >= 15 is 0 Å². The number of nitrogens with zero attached hydrogens (tertiary/aromatic N) is 3. The molecule has 7 nitrogen and oxygen atoms in total. The number of hydrogen-bond donors (Lipinski definition) is 2. The normalized spacial score (nSPS) is 16.3. The van der Waals surface area contributed by atoms with Gasteiger partial charge in [-0.05, 0) is 24.8 Å². The van der Waals surface area contributed by atoms with E-state index < -0.39 is 5.97 Å². The van der Waals surface area contributed by atoms with Gasteiger partial charge in [0.1, 0.15) is 12.1 Å². The number of hydrogen-bond acceptors (Lipinski definition) is 5. The third-order valence-corrected chi connectivity index (χ3v) is 4.98. The number of aliphatic hydroxyl groups is 1. The molecule has 2 aromatic heterocycles. The molecule has 0 radical (unpaired) electrons. The lowest BCUT2D eigenvalue weighted by atomic mass is 9.85. The van der Waals surface area contributed by atoms with E-state index in [-0.39, 0.29) is 41.8 Å². The van der Waals surface area contributed by atoms with E-state index in [0.29, 0.717) is 11.6 Å². The van der Waals surface area contributed by atoms with E-state index in [1.165, 1.54) is 49.0 Å². The first-order chi connectivity index (χ1) is 12.1. The quantitative estimate of drug-likeness (QED) is 0.795. The SMILES string of the molecule is Cl.O=C(O)CCC(O)=c1c(=O)cc(CCC2CCCCC2)c2ncnn12. The van der Waals surface area contributed by atoms with Crippen LogP contribution in [0.3, 0.4) is 0 Å². The van der Waals surface area contributed by atoms with Crippen LogP contribution < -0.4 is 10.8 Å². The second-order valence-electron chi connectivity index (χ2n) is 6.76. The molecule has 142 valence electrons. The first-order valence-electron chi connectivity index (χ1n) is 8.86. The van der Waals surface area contributed by atoms with Gasteiger partial charge in [-0.15, -0.1) is 12.4 Å². The molecule has 0 spiro atoms. The minimum absolute atomic E-state index is 0. The number of fused-ring (bicyclic) bond motifs is 1. The number of aryl methyl sites for hydroxylation is 1. The summed E-state index contributed by atoms with van der Waals surface area (Å²) in [6, 6.07) is 1.51. The van der Waals surface area contributed by atoms with Crippen LogP contribution >= 0.6 is 12.4 Å². The number of rotatable bonds is 6. The van der Waals surface area contributed by atoms with Gasteiger partial charge in [0, 0.05) is 12.0 Å². The molecule has 2 heterocycles. The van der Waals surface area contributed by atoms with E-state index in [1.54, 1.807) is 0 Å². The summed E-state index contributed by atoms with van der Waals surface area (Å²) in [6.45, 7) is 0. The molecule has 1 saturated carbocycles. The molecule has 0 unspecified atom stereocenters. The predicted molar refractivity (Wildman–Crippen MR) is 99.5 cm³/mol. The molecule has 0 aromatic carbocycles. The standard InChI is InChI=1S/C18H23N3O4.ClH/c22-14(8-9-16(24)25)17-15(23)10-13(18-19-11-20-21(17)18)7-6-12-4-2-1-3-5-12;/h10-12,22H,1-9H2,(H,24,25);1H. The van der Waals surface area contributed by atoms with E-state index in [1.807, 2.05) is 0 Å². The summed E-state index contributed by atoms with van der Waals surface area (Å²) in [5, 5.41) is 23.0. The molecule has 2 aromatic rings. The van der Waals surface area contributed by atoms with E-state index in [9.17, 15) is 14.7 Å². The van der Waals surface area contributed by atoms with Crippen molar-refractivity contribution >= 4 is 29.8 Å². The Morgan fingerprint density at radius 1 is 1.19 bits per heavy atom. The maximum Gasteiger partial charge on any atom is 0.303 e. The summed E-state index contributed by atoms with van der Waals surface area (Å²) in [5.74, 6) is -0.596. The van der Waals surface area contributed by atoms with Gasteiger partial charge in [-0.1, -0.05) is 32.1 Å². The molecule has 0 amide bonds. The van der Waals surface area contributed by atoms with Crippen LogP contribution in [0.5, 0.6) is 0 Å². The van der Waals surface area contributed by atoms with Gasteiger partial charge in [-0.2, -0.15) is 5.10 Å². The molecule has 0 saturated heterocycles. The first kappa shape index (κ1) is 20.2. The fraction of sp³-hybridized carbons (Fsp3) is 0.556. The van der Waals surface area contributed by atoms with Gasteiger partial charge in [0.25, 0.3) is 0 Å². The number of carboxylic acid groups (broad SMARTS) is 1. The van der Waals surface area contributed by atoms with Crippen LogP contribution in [0.25, 0.3) is 11.4 Å². The number of aliphatic hydroxyl groups excluding tert-OH is 1. The topological polar surface area (TPSA) is 105 Å². The average Bonchev–Trinajstić information content (AvgIpc) is 3.08. The molecule has 3 rings (SSSR count). The molecule has 26 heavy (non-hydrogen) atoms. The Morgan fingerprint density at radius 2 is 1.92 bits per heavy atom. The van der Waals surface area contributed by atoms with Crippen molar-refractivity contribution in [3.8, 4) is 0 Å². The molecular weight excluding hydrogens is 358 g/mol. The Balaban J connectivity index is 0.00000243. The zero-order valence-corrected chi connectivity index (χ0v) is 15.4. The van der Waals surface area contributed by atoms with Gasteiger partial charge in [0.2, 0.25) is 5.43 Å². The molecular formula is C18H24ClN3O4. The summed E-state index contributed by atoms with van der Waals surface area (Å²) in [5.41, 5.74) is 1.05. The van der Waals surface area contributed by atoms with E-state index in [4.69, 9.17) is 5.11 Å². The fourth-order valence-corrected chi connectivity index (χ4v) is 3.65. The zero-order valence-electron chi connectivity index (χ0n) is 14.6. The van der Waals surface area contributed by atoms with Crippen molar-refractivity contribution in [3.05, 3.63) is 33.5 Å². The van der Waals surface area contributed by atoms with Gasteiger partial charge in [0.05, 0.1) is 6.42 Å². The number of pyridine rings is 1. The third-order valence-electron chi connectivity index (χ3n) is 4.98. The van der Waals surface area contributed by atoms with Crippen molar-refractivity contribution in [3.63, 3.8) is 0 Å². The molecule has 0 bridgehead atoms. The third kappa shape index (κ3) is 4.52. The number of carboxylic acids is 1. The molecule has 8 heteroatoms. The highest BCUT2D eigenvalue weighted by atomic mass is 35.5. The Hall–Kier alpha value is -2.15. The summed E-state index contributed by atoms with van der Waals surface area (Å²) >= 11 is 0. The van der Waals surface area contributed by atoms with Crippen LogP contribution in [-0.4, -0.2) is 30.8 Å². The van der Waals surface area contributed by atoms with E-state index in [0.717, 1.165) is 18.4 Å². The van der Waals surface area contributed by atoms with Crippen LogP contribution in [0.15, 0.2) is 17.2 Å². The maximum atomic E-state index is 12.5. The summed E-state index contributed by atoms with van der Waals surface area (Å²) in [6.07, 6.45) is 9.15. The van der Waals surface area contributed by atoms with Crippen LogP contribution in [-0.2, 0) is 11.2 Å². The summed E-state index contributed by atoms with van der Waals surface area (Å²) in [4.78, 5) is 27.4. The number of carbonyl (C=O) groups is 1. The second kappa shape index (κ2) is 8.98. The molecule has 0 aliphatic heterocycles. The molecule has 1 aliphatic carbocycles. The number of aliphatic carboxylic acids is 1. The smallest absolute Gasteiger partial charge is 0.303 e. The Morgan fingerprint density at radius 3 is 2.62 bits per heavy atom. The predicted octanol–water partition coefficient (Wildman–Crippen LogP) is 2.27. The van der Waals surface area contributed by atoms with Crippen molar-refractivity contribution in [2.24, 2.45) is 5.92 Å². The lowest BCUT2D eigenvalue weighted by Crippen LogP contribution is -2.35. The van der Waals surface area contributed by atoms with Crippen LogP contribution in [0.1, 0.15) is 56.9 Å². The minimum atomic E-state index is -1.03. The van der Waals surface area contributed by atoms with Gasteiger partial charge >= 0.3 is 5.97 Å². The van der Waals surface area contributed by atoms with Crippen molar-refractivity contribution in [1.82, 2.24) is 14.6 Å². The Labute approximate surface area is 157 Å². The lowest BCUT2D eigenvalue weighted by Gasteiger charge is -2.21. The molecule has 1 aliphatic rings. The fourth-order valence-electron chi connectivity index (χ4n) is 3.65. The number of aromatic nitrogens is 3. The Kier molecular flexibility index (Phi) is 6.97. The van der Waals surface area contributed by atoms with Crippen molar-refractivity contribution in [2.75, 3.05) is 0 Å².